The van der Waals surface area contributed by atoms with E-state index in [9.17, 15) is 9.59 Å². The van der Waals surface area contributed by atoms with E-state index in [0.29, 0.717) is 0 Å². The Hall–Kier alpha value is -1.84. The summed E-state index contributed by atoms with van der Waals surface area (Å²) in [4.78, 5) is 24.4. The zero-order chi connectivity index (χ0) is 12.1. The summed E-state index contributed by atoms with van der Waals surface area (Å²) in [7, 11) is 1.70. The lowest BCUT2D eigenvalue weighted by Crippen LogP contribution is -2.33. The van der Waals surface area contributed by atoms with E-state index in [1.54, 1.807) is 24.1 Å². The Morgan fingerprint density at radius 2 is 2.00 bits per heavy atom. The molecule has 1 amide bonds. The van der Waals surface area contributed by atoms with Crippen molar-refractivity contribution < 1.29 is 14.7 Å². The van der Waals surface area contributed by atoms with Gasteiger partial charge in [0.05, 0.1) is 11.0 Å². The van der Waals surface area contributed by atoms with Crippen molar-refractivity contribution in [1.82, 2.24) is 0 Å². The Labute approximate surface area is 93.5 Å². The van der Waals surface area contributed by atoms with E-state index in [-0.39, 0.29) is 11.5 Å². The van der Waals surface area contributed by atoms with E-state index in [1.165, 1.54) is 6.07 Å². The van der Waals surface area contributed by atoms with Gasteiger partial charge in [-0.05, 0) is 37.6 Å². The van der Waals surface area contributed by atoms with Crippen LogP contribution in [0.15, 0.2) is 18.2 Å². The van der Waals surface area contributed by atoms with E-state index >= 15 is 0 Å². The number of fused-ring (bicyclic) bond motifs is 1. The van der Waals surface area contributed by atoms with Crippen LogP contribution in [0.5, 0.6) is 0 Å². The van der Waals surface area contributed by atoms with Crippen LogP contribution in [0.2, 0.25) is 0 Å². The highest BCUT2D eigenvalue weighted by atomic mass is 16.4. The first-order chi connectivity index (χ1) is 7.35. The smallest absolute Gasteiger partial charge is 0.335 e. The van der Waals surface area contributed by atoms with Crippen LogP contribution in [0.25, 0.3) is 0 Å². The van der Waals surface area contributed by atoms with E-state index in [4.69, 9.17) is 5.11 Å². The quantitative estimate of drug-likeness (QED) is 0.781. The molecule has 0 aliphatic carbocycles. The molecule has 0 fully saturated rings. The van der Waals surface area contributed by atoms with Gasteiger partial charge in [0.25, 0.3) is 0 Å². The molecule has 4 nitrogen and oxygen atoms in total. The van der Waals surface area contributed by atoms with Crippen molar-refractivity contribution in [3.05, 3.63) is 29.3 Å². The third-order valence-corrected chi connectivity index (χ3v) is 3.12. The molecule has 4 heteroatoms. The van der Waals surface area contributed by atoms with Crippen molar-refractivity contribution in [3.8, 4) is 0 Å². The molecule has 0 spiro atoms. The number of likely N-dealkylation sites (N-methyl/N-ethyl adjacent to an activating group) is 1. The molecule has 1 N–H and O–H groups in total. The lowest BCUT2D eigenvalue weighted by molar-refractivity contribution is -0.121. The average Bonchev–Trinajstić information content (AvgIpc) is 2.40. The van der Waals surface area contributed by atoms with Crippen molar-refractivity contribution in [2.45, 2.75) is 19.3 Å². The lowest BCUT2D eigenvalue weighted by atomic mass is 9.85. The first-order valence-corrected chi connectivity index (χ1v) is 5.01. The molecular weight excluding hydrogens is 206 g/mol. The van der Waals surface area contributed by atoms with Gasteiger partial charge in [0, 0.05) is 12.7 Å². The average molecular weight is 219 g/mol. The summed E-state index contributed by atoms with van der Waals surface area (Å²) in [6.45, 7) is 3.62. The van der Waals surface area contributed by atoms with Crippen LogP contribution in [-0.4, -0.2) is 24.0 Å². The number of nitrogens with zero attached hydrogens (tertiary/aromatic N) is 1. The Morgan fingerprint density at radius 1 is 1.38 bits per heavy atom. The normalized spacial score (nSPS) is 17.4. The van der Waals surface area contributed by atoms with Gasteiger partial charge in [-0.15, -0.1) is 0 Å². The largest absolute Gasteiger partial charge is 0.478 e. The minimum Gasteiger partial charge on any atom is -0.478 e. The Morgan fingerprint density at radius 3 is 2.56 bits per heavy atom. The SMILES string of the molecule is CN1C(=O)C(C)(C)c2cc(C(=O)O)ccc21. The fourth-order valence-electron chi connectivity index (χ4n) is 2.11. The summed E-state index contributed by atoms with van der Waals surface area (Å²) >= 11 is 0. The van der Waals surface area contributed by atoms with E-state index in [2.05, 4.69) is 0 Å². The Bertz CT molecular complexity index is 491. The molecule has 0 saturated heterocycles. The Kier molecular flexibility index (Phi) is 2.05. The number of carbonyl (C=O) groups excluding carboxylic acids is 1. The maximum atomic E-state index is 11.9. The molecule has 1 heterocycles. The summed E-state index contributed by atoms with van der Waals surface area (Å²) in [5.74, 6) is -0.981. The molecule has 0 saturated carbocycles. The number of carboxylic acids is 1. The molecule has 84 valence electrons. The van der Waals surface area contributed by atoms with Crippen molar-refractivity contribution >= 4 is 17.6 Å². The minimum absolute atomic E-state index is 0.00922. The fourth-order valence-corrected chi connectivity index (χ4v) is 2.11. The summed E-state index contributed by atoms with van der Waals surface area (Å²) in [5, 5.41) is 8.92. The van der Waals surface area contributed by atoms with Gasteiger partial charge < -0.3 is 10.0 Å². The molecule has 1 aliphatic rings. The van der Waals surface area contributed by atoms with Gasteiger partial charge in [0.15, 0.2) is 0 Å². The second-order valence-corrected chi connectivity index (χ2v) is 4.53. The standard InChI is InChI=1S/C12H13NO3/c1-12(2)8-6-7(10(14)15)4-5-9(8)13(3)11(12)16/h4-6H,1-3H3,(H,14,15). The summed E-state index contributed by atoms with van der Waals surface area (Å²) in [5.41, 5.74) is 1.14. The van der Waals surface area contributed by atoms with Gasteiger partial charge in [-0.1, -0.05) is 0 Å². The molecule has 0 unspecified atom stereocenters. The number of carbonyl (C=O) groups is 2. The van der Waals surface area contributed by atoms with Crippen molar-refractivity contribution in [2.24, 2.45) is 0 Å². The predicted molar refractivity (Wildman–Crippen MR) is 59.8 cm³/mol. The maximum absolute atomic E-state index is 11.9. The van der Waals surface area contributed by atoms with Gasteiger partial charge >= 0.3 is 5.97 Å². The predicted octanol–water partition coefficient (Wildman–Crippen LogP) is 1.64. The van der Waals surface area contributed by atoms with Crippen molar-refractivity contribution in [2.75, 3.05) is 11.9 Å². The van der Waals surface area contributed by atoms with Crippen LogP contribution >= 0.6 is 0 Å². The number of aromatic carboxylic acids is 1. The highest BCUT2D eigenvalue weighted by Gasteiger charge is 2.42. The molecule has 2 rings (SSSR count). The van der Waals surface area contributed by atoms with Gasteiger partial charge in [-0.25, -0.2) is 4.79 Å². The molecule has 1 aromatic carbocycles. The van der Waals surface area contributed by atoms with Crippen molar-refractivity contribution in [1.29, 1.82) is 0 Å². The van der Waals surface area contributed by atoms with E-state index in [1.807, 2.05) is 13.8 Å². The van der Waals surface area contributed by atoms with E-state index in [0.717, 1.165) is 11.3 Å². The third-order valence-electron chi connectivity index (χ3n) is 3.12. The van der Waals surface area contributed by atoms with Crippen LogP contribution < -0.4 is 4.90 Å². The summed E-state index contributed by atoms with van der Waals surface area (Å²) < 4.78 is 0. The molecule has 1 aliphatic heterocycles. The van der Waals surface area contributed by atoms with Gasteiger partial charge in [-0.3, -0.25) is 4.79 Å². The monoisotopic (exact) mass is 219 g/mol. The highest BCUT2D eigenvalue weighted by molar-refractivity contribution is 6.07. The molecule has 0 aromatic heterocycles. The molecule has 0 bridgehead atoms. The highest BCUT2D eigenvalue weighted by Crippen LogP contribution is 2.40. The van der Waals surface area contributed by atoms with Crippen LogP contribution in [0.1, 0.15) is 29.8 Å². The Balaban J connectivity index is 2.65. The van der Waals surface area contributed by atoms with Gasteiger partial charge in [0.2, 0.25) is 5.91 Å². The zero-order valence-corrected chi connectivity index (χ0v) is 9.44. The third kappa shape index (κ3) is 1.23. The number of benzene rings is 1. The molecule has 1 aromatic rings. The molecule has 16 heavy (non-hydrogen) atoms. The van der Waals surface area contributed by atoms with Gasteiger partial charge in [-0.2, -0.15) is 0 Å². The lowest BCUT2D eigenvalue weighted by Gasteiger charge is -2.16. The number of anilines is 1. The number of hydrogen-bond donors (Lipinski definition) is 1. The number of rotatable bonds is 1. The number of carboxylic acid groups (broad SMARTS) is 1. The summed E-state index contributed by atoms with van der Waals surface area (Å²) in [6.07, 6.45) is 0. The van der Waals surface area contributed by atoms with Crippen LogP contribution in [0, 0.1) is 0 Å². The van der Waals surface area contributed by atoms with Gasteiger partial charge in [0.1, 0.15) is 0 Å². The first kappa shape index (κ1) is 10.7. The second kappa shape index (κ2) is 3.07. The summed E-state index contributed by atoms with van der Waals surface area (Å²) in [6, 6.07) is 4.79. The van der Waals surface area contributed by atoms with Crippen LogP contribution in [0.3, 0.4) is 0 Å². The maximum Gasteiger partial charge on any atom is 0.335 e. The van der Waals surface area contributed by atoms with Crippen LogP contribution in [0.4, 0.5) is 5.69 Å². The van der Waals surface area contributed by atoms with E-state index < -0.39 is 11.4 Å². The number of hydrogen-bond acceptors (Lipinski definition) is 2. The van der Waals surface area contributed by atoms with Crippen molar-refractivity contribution in [3.63, 3.8) is 0 Å². The first-order valence-electron chi connectivity index (χ1n) is 5.01. The molecular formula is C12H13NO3. The van der Waals surface area contributed by atoms with Crippen LogP contribution in [-0.2, 0) is 10.2 Å². The number of amides is 1. The second-order valence-electron chi connectivity index (χ2n) is 4.53. The zero-order valence-electron chi connectivity index (χ0n) is 9.44. The molecule has 0 radical (unpaired) electrons. The molecule has 0 atom stereocenters. The minimum atomic E-state index is -0.972. The topological polar surface area (TPSA) is 57.6 Å². The fraction of sp³-hybridized carbons (Fsp3) is 0.333.